The molecule has 1 atom stereocenters. The molecule has 0 amide bonds. The molecule has 0 rings (SSSR count). The molecule has 0 heterocycles. The van der Waals surface area contributed by atoms with Crippen LogP contribution in [-0.2, 0) is 4.79 Å². The Morgan fingerprint density at radius 3 is 2.05 bits per heavy atom. The van der Waals surface area contributed by atoms with Gasteiger partial charge in [0.15, 0.2) is 0 Å². The van der Waals surface area contributed by atoms with Crippen molar-refractivity contribution >= 4 is 5.97 Å². The minimum Gasteiger partial charge on any atom is -0.480 e. The van der Waals surface area contributed by atoms with Crippen molar-refractivity contribution in [3.63, 3.8) is 0 Å². The van der Waals surface area contributed by atoms with E-state index in [9.17, 15) is 9.90 Å². The molecular weight excluding hydrogens is 252 g/mol. The Bertz CT molecular complexity index is 263. The molecule has 0 aromatic heterocycles. The van der Waals surface area contributed by atoms with Gasteiger partial charge in [-0.05, 0) is 65.6 Å². The third kappa shape index (κ3) is 6.71. The number of hydrogen-bond acceptors (Lipinski definition) is 3. The van der Waals surface area contributed by atoms with Crippen LogP contribution in [0, 0.1) is 0 Å². The summed E-state index contributed by atoms with van der Waals surface area (Å²) >= 11 is 0. The lowest BCUT2D eigenvalue weighted by molar-refractivity contribution is -0.145. The van der Waals surface area contributed by atoms with Gasteiger partial charge in [-0.25, -0.2) is 0 Å². The Morgan fingerprint density at radius 2 is 1.70 bits per heavy atom. The van der Waals surface area contributed by atoms with E-state index in [1.807, 2.05) is 20.8 Å². The Morgan fingerprint density at radius 1 is 1.15 bits per heavy atom. The van der Waals surface area contributed by atoms with Crippen molar-refractivity contribution in [2.75, 3.05) is 19.6 Å². The van der Waals surface area contributed by atoms with Gasteiger partial charge in [0.2, 0.25) is 0 Å². The van der Waals surface area contributed by atoms with Crippen LogP contribution in [0.1, 0.15) is 66.7 Å². The monoisotopic (exact) mass is 286 g/mol. The van der Waals surface area contributed by atoms with E-state index in [0.717, 1.165) is 38.9 Å². The fourth-order valence-corrected chi connectivity index (χ4v) is 2.80. The molecule has 0 aromatic carbocycles. The van der Waals surface area contributed by atoms with E-state index in [2.05, 4.69) is 24.1 Å². The third-order valence-electron chi connectivity index (χ3n) is 3.74. The lowest BCUT2D eigenvalue weighted by Crippen LogP contribution is -2.54. The highest BCUT2D eigenvalue weighted by Gasteiger charge is 2.36. The summed E-state index contributed by atoms with van der Waals surface area (Å²) in [6.07, 6.45) is 4.56. The summed E-state index contributed by atoms with van der Waals surface area (Å²) in [5.41, 5.74) is -0.766. The number of aliphatic carboxylic acids is 1. The van der Waals surface area contributed by atoms with Crippen molar-refractivity contribution in [3.05, 3.63) is 0 Å². The molecule has 0 saturated heterocycles. The van der Waals surface area contributed by atoms with Crippen LogP contribution in [0.25, 0.3) is 0 Å². The first kappa shape index (κ1) is 19.4. The summed E-state index contributed by atoms with van der Waals surface area (Å²) in [7, 11) is 0. The van der Waals surface area contributed by atoms with E-state index >= 15 is 0 Å². The van der Waals surface area contributed by atoms with Crippen molar-refractivity contribution in [3.8, 4) is 0 Å². The van der Waals surface area contributed by atoms with Crippen LogP contribution in [0.2, 0.25) is 0 Å². The van der Waals surface area contributed by atoms with Gasteiger partial charge in [0.1, 0.15) is 5.54 Å². The normalized spacial score (nSPS) is 14.8. The zero-order chi connectivity index (χ0) is 15.6. The first-order chi connectivity index (χ1) is 9.41. The van der Waals surface area contributed by atoms with Crippen LogP contribution < -0.4 is 5.32 Å². The predicted octanol–water partition coefficient (Wildman–Crippen LogP) is 3.12. The minimum absolute atomic E-state index is 0.188. The average Bonchev–Trinajstić information content (AvgIpc) is 2.37. The van der Waals surface area contributed by atoms with E-state index in [1.165, 1.54) is 0 Å². The zero-order valence-electron chi connectivity index (χ0n) is 14.0. The van der Waals surface area contributed by atoms with Crippen LogP contribution >= 0.6 is 0 Å². The molecular formula is C16H34N2O2. The first-order valence-electron chi connectivity index (χ1n) is 8.15. The van der Waals surface area contributed by atoms with Gasteiger partial charge in [0.25, 0.3) is 0 Å². The van der Waals surface area contributed by atoms with Crippen LogP contribution in [-0.4, -0.2) is 47.2 Å². The van der Waals surface area contributed by atoms with Crippen LogP contribution in [0.5, 0.6) is 0 Å². The lowest BCUT2D eigenvalue weighted by atomic mass is 9.89. The summed E-state index contributed by atoms with van der Waals surface area (Å²) in [5, 5.41) is 12.8. The van der Waals surface area contributed by atoms with Crippen molar-refractivity contribution < 1.29 is 9.90 Å². The zero-order valence-corrected chi connectivity index (χ0v) is 14.0. The SMILES string of the molecule is CCCN(CCC)CCCC(CC)(NC(C)C)C(=O)O. The second-order valence-electron chi connectivity index (χ2n) is 5.99. The molecule has 0 bridgehead atoms. The molecule has 0 radical (unpaired) electrons. The van der Waals surface area contributed by atoms with Crippen LogP contribution in [0.4, 0.5) is 0 Å². The number of nitrogens with zero attached hydrogens (tertiary/aromatic N) is 1. The summed E-state index contributed by atoms with van der Waals surface area (Å²) in [4.78, 5) is 14.1. The Balaban J connectivity index is 4.48. The molecule has 20 heavy (non-hydrogen) atoms. The molecule has 1 unspecified atom stereocenters. The first-order valence-corrected chi connectivity index (χ1v) is 8.15. The molecule has 0 aliphatic rings. The standard InChI is InChI=1S/C16H34N2O2/c1-6-11-18(12-7-2)13-9-10-16(8-3,15(19)20)17-14(4)5/h14,17H,6-13H2,1-5H3,(H,19,20). The molecule has 4 nitrogen and oxygen atoms in total. The summed E-state index contributed by atoms with van der Waals surface area (Å²) in [5.74, 6) is -0.716. The number of nitrogens with one attached hydrogen (secondary N) is 1. The largest absolute Gasteiger partial charge is 0.480 e. The smallest absolute Gasteiger partial charge is 0.323 e. The average molecular weight is 286 g/mol. The molecule has 0 aliphatic heterocycles. The topological polar surface area (TPSA) is 52.6 Å². The van der Waals surface area contributed by atoms with Gasteiger partial charge in [0.05, 0.1) is 0 Å². The number of carboxylic acid groups (broad SMARTS) is 1. The quantitative estimate of drug-likeness (QED) is 0.579. The van der Waals surface area contributed by atoms with Gasteiger partial charge >= 0.3 is 5.97 Å². The minimum atomic E-state index is -0.766. The highest BCUT2D eigenvalue weighted by atomic mass is 16.4. The fourth-order valence-electron chi connectivity index (χ4n) is 2.80. The van der Waals surface area contributed by atoms with Crippen LogP contribution in [0.3, 0.4) is 0 Å². The predicted molar refractivity (Wildman–Crippen MR) is 85.2 cm³/mol. The molecule has 0 aromatic rings. The van der Waals surface area contributed by atoms with Gasteiger partial charge in [-0.3, -0.25) is 10.1 Å². The lowest BCUT2D eigenvalue weighted by Gasteiger charge is -2.32. The van der Waals surface area contributed by atoms with Gasteiger partial charge in [0, 0.05) is 6.04 Å². The second kappa shape index (κ2) is 10.2. The van der Waals surface area contributed by atoms with Gasteiger partial charge in [-0.2, -0.15) is 0 Å². The van der Waals surface area contributed by atoms with E-state index < -0.39 is 11.5 Å². The summed E-state index contributed by atoms with van der Waals surface area (Å²) in [6, 6.07) is 0.188. The molecule has 0 aliphatic carbocycles. The summed E-state index contributed by atoms with van der Waals surface area (Å²) in [6.45, 7) is 13.6. The summed E-state index contributed by atoms with van der Waals surface area (Å²) < 4.78 is 0. The highest BCUT2D eigenvalue weighted by molar-refractivity contribution is 5.78. The highest BCUT2D eigenvalue weighted by Crippen LogP contribution is 2.19. The van der Waals surface area contributed by atoms with Crippen molar-refractivity contribution in [1.29, 1.82) is 0 Å². The van der Waals surface area contributed by atoms with Crippen LogP contribution in [0.15, 0.2) is 0 Å². The Hall–Kier alpha value is -0.610. The molecule has 4 heteroatoms. The van der Waals surface area contributed by atoms with E-state index in [4.69, 9.17) is 0 Å². The fraction of sp³-hybridized carbons (Fsp3) is 0.938. The number of rotatable bonds is 12. The molecule has 2 N–H and O–H groups in total. The van der Waals surface area contributed by atoms with Crippen molar-refractivity contribution in [2.24, 2.45) is 0 Å². The molecule has 0 spiro atoms. The number of carbonyl (C=O) groups is 1. The van der Waals surface area contributed by atoms with E-state index in [0.29, 0.717) is 12.8 Å². The number of carboxylic acids is 1. The van der Waals surface area contributed by atoms with E-state index in [1.54, 1.807) is 0 Å². The third-order valence-corrected chi connectivity index (χ3v) is 3.74. The van der Waals surface area contributed by atoms with Gasteiger partial charge in [-0.15, -0.1) is 0 Å². The van der Waals surface area contributed by atoms with E-state index in [-0.39, 0.29) is 6.04 Å². The maximum Gasteiger partial charge on any atom is 0.323 e. The molecule has 120 valence electrons. The Labute approximate surface area is 124 Å². The Kier molecular flexibility index (Phi) is 9.86. The maximum atomic E-state index is 11.6. The van der Waals surface area contributed by atoms with Crippen molar-refractivity contribution in [1.82, 2.24) is 10.2 Å². The molecule has 0 fully saturated rings. The second-order valence-corrected chi connectivity index (χ2v) is 5.99. The van der Waals surface area contributed by atoms with Crippen molar-refractivity contribution in [2.45, 2.75) is 78.3 Å². The van der Waals surface area contributed by atoms with Gasteiger partial charge < -0.3 is 10.0 Å². The maximum absolute atomic E-state index is 11.6. The number of hydrogen-bond donors (Lipinski definition) is 2. The van der Waals surface area contributed by atoms with Gasteiger partial charge in [-0.1, -0.05) is 20.8 Å². The molecule has 0 saturated carbocycles.